The monoisotopic (exact) mass is 1470 g/mol. The largest absolute Gasteiger partial charge is 0.452 e. The molecule has 10 aromatic rings. The average Bonchev–Trinajstić information content (AvgIpc) is 1.83. The maximum atomic E-state index is 4.86. The van der Waals surface area contributed by atoms with Crippen LogP contribution in [0.2, 0.25) is 0 Å². The third-order valence-corrected chi connectivity index (χ3v) is 9.37. The minimum absolute atomic E-state index is 0.339. The fourth-order valence-corrected chi connectivity index (χ4v) is 5.31. The summed E-state index contributed by atoms with van der Waals surface area (Å²) in [6.45, 7) is 84.9. The molecule has 10 rings (SSSR count). The first-order chi connectivity index (χ1) is 48.3. The van der Waals surface area contributed by atoms with Crippen molar-refractivity contribution in [3.8, 4) is 0 Å². The van der Waals surface area contributed by atoms with E-state index in [0.717, 1.165) is 63.5 Å². The lowest BCUT2D eigenvalue weighted by molar-refractivity contribution is 0.362. The number of oxazole rings is 1. The molecule has 0 atom stereocenters. The summed E-state index contributed by atoms with van der Waals surface area (Å²) in [7, 11) is 0. The lowest BCUT2D eigenvalue weighted by Crippen LogP contribution is -1.99. The van der Waals surface area contributed by atoms with E-state index in [-0.39, 0.29) is 0 Å². The number of H-pyrrole nitrogens is 4. The molecule has 20 nitrogen and oxygen atoms in total. The Balaban J connectivity index is -0.0000000965. The maximum absolute atomic E-state index is 4.86. The van der Waals surface area contributed by atoms with Crippen LogP contribution in [0.4, 0.5) is 0 Å². The number of aromatic amines is 4. The molecule has 0 aliphatic heterocycles. The van der Waals surface area contributed by atoms with Crippen LogP contribution in [-0.4, -0.2) is 90.0 Å². The van der Waals surface area contributed by atoms with E-state index in [1.165, 1.54) is 24.2 Å². The van der Waals surface area contributed by atoms with Crippen LogP contribution in [0.25, 0.3) is 0 Å². The molecule has 1 aromatic carbocycles. The number of aromatic nitrogens is 18. The van der Waals surface area contributed by atoms with Crippen molar-refractivity contribution in [2.45, 2.75) is 314 Å². The summed E-state index contributed by atoms with van der Waals surface area (Å²) in [6, 6.07) is 16.3. The molecule has 0 aliphatic carbocycles. The fraction of sp³-hybridized carbons (Fsp3) is 0.637. The molecular formula is C80H158N18O2S2. The molecule has 0 aliphatic rings. The van der Waals surface area contributed by atoms with Gasteiger partial charge in [-0.1, -0.05) is 284 Å². The van der Waals surface area contributed by atoms with Crippen molar-refractivity contribution < 1.29 is 8.94 Å². The van der Waals surface area contributed by atoms with E-state index in [1.54, 1.807) is 66.6 Å². The number of imidazole rings is 1. The van der Waals surface area contributed by atoms with E-state index >= 15 is 0 Å². The Morgan fingerprint density at radius 2 is 0.961 bits per heavy atom. The molecule has 0 radical (unpaired) electrons. The molecule has 102 heavy (non-hydrogen) atoms. The van der Waals surface area contributed by atoms with Gasteiger partial charge in [-0.15, -0.1) is 11.3 Å². The second-order valence-corrected chi connectivity index (χ2v) is 25.9. The van der Waals surface area contributed by atoms with Crippen molar-refractivity contribution >= 4 is 22.9 Å². The summed E-state index contributed by atoms with van der Waals surface area (Å²) in [5, 5.41) is 34.2. The quantitative estimate of drug-likeness (QED) is 0.125. The molecule has 592 valence electrons. The van der Waals surface area contributed by atoms with Gasteiger partial charge in [-0.25, -0.2) is 19.9 Å². The Labute approximate surface area is 635 Å². The maximum Gasteiger partial charge on any atom is 0.229 e. The summed E-state index contributed by atoms with van der Waals surface area (Å²) < 4.78 is 15.3. The third-order valence-electron chi connectivity index (χ3n) is 7.74. The molecular weight excluding hydrogens is 1310 g/mol. The van der Waals surface area contributed by atoms with Crippen LogP contribution in [-0.2, 0) is 0 Å². The number of benzene rings is 1. The van der Waals surface area contributed by atoms with Crippen LogP contribution in [0.3, 0.4) is 0 Å². The fourth-order valence-electron chi connectivity index (χ4n) is 4.31. The first kappa shape index (κ1) is 119. The second kappa shape index (κ2) is 95.7. The molecule has 0 saturated carbocycles. The highest BCUT2D eigenvalue weighted by atomic mass is 32.1. The third kappa shape index (κ3) is 114. The van der Waals surface area contributed by atoms with Gasteiger partial charge in [0.2, 0.25) is 5.89 Å². The van der Waals surface area contributed by atoms with Gasteiger partial charge in [0.05, 0.1) is 29.4 Å². The Morgan fingerprint density at radius 1 is 0.461 bits per heavy atom. The van der Waals surface area contributed by atoms with Gasteiger partial charge in [0, 0.05) is 72.6 Å². The molecule has 9 aromatic heterocycles. The molecule has 4 N–H and O–H groups in total. The second-order valence-electron chi connectivity index (χ2n) is 24.3. The first-order valence-electron chi connectivity index (χ1n) is 37.1. The van der Waals surface area contributed by atoms with Crippen molar-refractivity contribution in [3.05, 3.63) is 174 Å². The lowest BCUT2D eigenvalue weighted by Gasteiger charge is -2.01. The predicted octanol–water partition coefficient (Wildman–Crippen LogP) is 26.2. The smallest absolute Gasteiger partial charge is 0.229 e. The van der Waals surface area contributed by atoms with E-state index in [0.29, 0.717) is 41.4 Å². The van der Waals surface area contributed by atoms with E-state index in [1.807, 2.05) is 189 Å². The van der Waals surface area contributed by atoms with Crippen molar-refractivity contribution in [2.75, 3.05) is 0 Å². The van der Waals surface area contributed by atoms with E-state index < -0.39 is 0 Å². The molecule has 0 saturated heterocycles. The summed E-state index contributed by atoms with van der Waals surface area (Å²) in [6.07, 6.45) is 18.5. The van der Waals surface area contributed by atoms with Crippen LogP contribution in [0.15, 0.2) is 137 Å². The standard InChI is InChI=1S/2C6H11N3.C6H10N2O.C6H10N2S.C6H10N2.C6H6.5C4H10.2C3H4N2.C3H3NO.C3H3NS.6C2H6/c1-4(2)6-7-5(3)8-9-6;1-4(2)6-5(3)7-9-8-6;2*1-4(2)6-7-5(3)8-9-6;1-6(2)8-5-3-4-7-8;1-2-4-6-5-3-1;5*1-4(2)3;1-2-5-3-4-1;1-2-4-5-3-1;2*1-2-5-3-4-1;6*1-2/h2*4H,1-3H3,(H,7,8,9);2*4H,1-3H3;3-6H,1-2H3;1-6H;5*4H,1-3H3;2*1-3H,(H,4,5);2*1-3H;6*1-2H3. The van der Waals surface area contributed by atoms with Crippen molar-refractivity contribution in [3.63, 3.8) is 0 Å². The molecule has 0 amide bonds. The van der Waals surface area contributed by atoms with Crippen LogP contribution < -0.4 is 0 Å². The lowest BCUT2D eigenvalue weighted by atomic mass is 10.1. The van der Waals surface area contributed by atoms with Gasteiger partial charge in [-0.05, 0) is 101 Å². The SMILES string of the molecule is CC.CC.CC.CC.CC.CC.CC(C)C.CC(C)C.CC(C)C.CC(C)C.CC(C)C.CC(C)n1cccn1.Cc1n[nH]nc1C(C)C.Cc1nc(C(C)C)n[nH]1.Cc1noc(C(C)C)n1.Cc1nsc(C(C)C)n1.c1c[nH]cn1.c1ccccc1.c1cn[nH]c1.c1cocn1.c1cscn1. The topological polar surface area (TPSA) is 262 Å². The zero-order chi connectivity index (χ0) is 81.7. The van der Waals surface area contributed by atoms with Gasteiger partial charge in [-0.3, -0.25) is 19.9 Å². The Morgan fingerprint density at radius 3 is 1.11 bits per heavy atom. The van der Waals surface area contributed by atoms with E-state index in [4.69, 9.17) is 4.52 Å². The summed E-state index contributed by atoms with van der Waals surface area (Å²) >= 11 is 3.10. The molecule has 0 fully saturated rings. The number of aryl methyl sites for hydroxylation is 4. The zero-order valence-electron chi connectivity index (χ0n) is 72.8. The number of nitrogens with zero attached hydrogens (tertiary/aromatic N) is 14. The van der Waals surface area contributed by atoms with Gasteiger partial charge in [0.15, 0.2) is 18.0 Å². The minimum atomic E-state index is 0.339. The first-order valence-corrected chi connectivity index (χ1v) is 38.9. The van der Waals surface area contributed by atoms with Crippen LogP contribution >= 0.6 is 22.9 Å². The summed E-state index contributed by atoms with van der Waals surface area (Å²) in [4.78, 5) is 26.1. The number of hydrogen-bond donors (Lipinski definition) is 4. The van der Waals surface area contributed by atoms with Gasteiger partial charge in [0.1, 0.15) is 22.9 Å². The van der Waals surface area contributed by atoms with Gasteiger partial charge < -0.3 is 13.9 Å². The van der Waals surface area contributed by atoms with Gasteiger partial charge in [-0.2, -0.15) is 40.1 Å². The van der Waals surface area contributed by atoms with Crippen molar-refractivity contribution in [2.24, 2.45) is 29.6 Å². The molecule has 0 spiro atoms. The van der Waals surface area contributed by atoms with Crippen molar-refractivity contribution in [1.82, 2.24) is 90.0 Å². The van der Waals surface area contributed by atoms with E-state index in [2.05, 4.69) is 249 Å². The highest BCUT2D eigenvalue weighted by molar-refractivity contribution is 7.07. The van der Waals surface area contributed by atoms with Crippen LogP contribution in [0.5, 0.6) is 0 Å². The van der Waals surface area contributed by atoms with Gasteiger partial charge >= 0.3 is 0 Å². The highest BCUT2D eigenvalue weighted by Gasteiger charge is 2.07. The summed E-state index contributed by atoms with van der Waals surface area (Å²) in [5.41, 5.74) is 3.86. The Kier molecular flexibility index (Phi) is 111. The number of rotatable bonds is 5. The van der Waals surface area contributed by atoms with Crippen LogP contribution in [0, 0.1) is 57.3 Å². The Hall–Kier alpha value is -7.33. The summed E-state index contributed by atoms with van der Waals surface area (Å²) in [5.74, 6) is 10.0. The zero-order valence-corrected chi connectivity index (χ0v) is 74.4. The predicted molar refractivity (Wildman–Crippen MR) is 448 cm³/mol. The van der Waals surface area contributed by atoms with Crippen LogP contribution in [0.1, 0.15) is 331 Å². The molecule has 0 unspecified atom stereocenters. The molecule has 9 heterocycles. The Bertz CT molecular complexity index is 2410. The molecule has 22 heteroatoms. The minimum Gasteiger partial charge on any atom is -0.452 e. The normalized spacial score (nSPS) is 8.74. The average molecular weight is 1470 g/mol. The number of thiazole rings is 1. The molecule has 0 bridgehead atoms. The number of nitrogens with one attached hydrogen (secondary N) is 4. The van der Waals surface area contributed by atoms with Gasteiger partial charge in [0.25, 0.3) is 0 Å². The van der Waals surface area contributed by atoms with Crippen molar-refractivity contribution in [1.29, 1.82) is 0 Å². The highest BCUT2D eigenvalue weighted by Crippen LogP contribution is 2.15. The van der Waals surface area contributed by atoms with E-state index in [9.17, 15) is 0 Å². The number of hydrogen-bond acceptors (Lipinski definition) is 17.